The molecule has 0 aliphatic rings. The zero-order chi connectivity index (χ0) is 14.3. The van der Waals surface area contributed by atoms with Crippen LogP contribution in [0.2, 0.25) is 5.02 Å². The topological polar surface area (TPSA) is 68.0 Å². The SMILES string of the molecule is Cc1cn(Cc2cccc(Cl)c2)c(=O)c2[nH]c(=O)oc12. The molecule has 2 heterocycles. The van der Waals surface area contributed by atoms with Crippen molar-refractivity contribution in [3.63, 3.8) is 0 Å². The molecule has 0 aliphatic heterocycles. The highest BCUT2D eigenvalue weighted by Crippen LogP contribution is 2.14. The summed E-state index contributed by atoms with van der Waals surface area (Å²) in [6, 6.07) is 7.28. The summed E-state index contributed by atoms with van der Waals surface area (Å²) in [5.74, 6) is -0.624. The Labute approximate surface area is 118 Å². The van der Waals surface area contributed by atoms with Crippen molar-refractivity contribution < 1.29 is 4.42 Å². The highest BCUT2D eigenvalue weighted by atomic mass is 35.5. The van der Waals surface area contributed by atoms with E-state index in [2.05, 4.69) is 4.98 Å². The van der Waals surface area contributed by atoms with Crippen LogP contribution in [-0.4, -0.2) is 9.55 Å². The minimum Gasteiger partial charge on any atom is -0.407 e. The van der Waals surface area contributed by atoms with Crippen molar-refractivity contribution in [2.45, 2.75) is 13.5 Å². The van der Waals surface area contributed by atoms with Gasteiger partial charge in [-0.3, -0.25) is 9.78 Å². The van der Waals surface area contributed by atoms with Crippen LogP contribution in [0.15, 0.2) is 44.5 Å². The number of hydrogen-bond acceptors (Lipinski definition) is 3. The summed E-state index contributed by atoms with van der Waals surface area (Å²) in [5, 5.41) is 0.616. The minimum atomic E-state index is -0.624. The van der Waals surface area contributed by atoms with Crippen LogP contribution in [0.5, 0.6) is 0 Å². The average molecular weight is 291 g/mol. The molecule has 1 N–H and O–H groups in total. The second-order valence-electron chi connectivity index (χ2n) is 4.59. The Balaban J connectivity index is 2.15. The van der Waals surface area contributed by atoms with Crippen LogP contribution in [0.3, 0.4) is 0 Å². The van der Waals surface area contributed by atoms with E-state index in [1.165, 1.54) is 4.57 Å². The van der Waals surface area contributed by atoms with Crippen LogP contribution in [0, 0.1) is 6.92 Å². The highest BCUT2D eigenvalue weighted by Gasteiger charge is 2.11. The number of hydrogen-bond donors (Lipinski definition) is 1. The number of aromatic amines is 1. The molecule has 20 heavy (non-hydrogen) atoms. The van der Waals surface area contributed by atoms with Crippen molar-refractivity contribution in [3.8, 4) is 0 Å². The van der Waals surface area contributed by atoms with Gasteiger partial charge >= 0.3 is 5.76 Å². The first-order valence-electron chi connectivity index (χ1n) is 6.02. The van der Waals surface area contributed by atoms with Gasteiger partial charge in [0.2, 0.25) is 0 Å². The maximum atomic E-state index is 12.3. The van der Waals surface area contributed by atoms with Crippen LogP contribution in [0.25, 0.3) is 11.1 Å². The molecule has 0 bridgehead atoms. The molecular formula is C14H11ClN2O3. The van der Waals surface area contributed by atoms with Crippen molar-refractivity contribution in [1.29, 1.82) is 0 Å². The van der Waals surface area contributed by atoms with Gasteiger partial charge in [-0.15, -0.1) is 0 Å². The Kier molecular flexibility index (Phi) is 2.99. The lowest BCUT2D eigenvalue weighted by Crippen LogP contribution is -2.21. The second kappa shape index (κ2) is 4.68. The zero-order valence-corrected chi connectivity index (χ0v) is 11.4. The predicted molar refractivity (Wildman–Crippen MR) is 76.4 cm³/mol. The Bertz CT molecular complexity index is 905. The molecule has 3 aromatic rings. The van der Waals surface area contributed by atoms with Gasteiger partial charge in [0.25, 0.3) is 5.56 Å². The molecule has 0 radical (unpaired) electrons. The van der Waals surface area contributed by atoms with Crippen molar-refractivity contribution >= 4 is 22.7 Å². The van der Waals surface area contributed by atoms with E-state index in [-0.39, 0.29) is 11.1 Å². The lowest BCUT2D eigenvalue weighted by atomic mass is 10.2. The van der Waals surface area contributed by atoms with E-state index >= 15 is 0 Å². The Morgan fingerprint density at radius 1 is 1.35 bits per heavy atom. The number of fused-ring (bicyclic) bond motifs is 1. The van der Waals surface area contributed by atoms with Crippen LogP contribution in [-0.2, 0) is 6.54 Å². The maximum Gasteiger partial charge on any atom is 0.417 e. The average Bonchev–Trinajstić information content (AvgIpc) is 2.78. The van der Waals surface area contributed by atoms with Gasteiger partial charge < -0.3 is 8.98 Å². The van der Waals surface area contributed by atoms with E-state index in [0.717, 1.165) is 11.1 Å². The van der Waals surface area contributed by atoms with Gasteiger partial charge in [-0.25, -0.2) is 4.79 Å². The molecule has 6 heteroatoms. The molecule has 0 spiro atoms. The smallest absolute Gasteiger partial charge is 0.407 e. The molecular weight excluding hydrogens is 280 g/mol. The van der Waals surface area contributed by atoms with E-state index in [1.807, 2.05) is 12.1 Å². The Hall–Kier alpha value is -2.27. The zero-order valence-electron chi connectivity index (χ0n) is 10.6. The van der Waals surface area contributed by atoms with Gasteiger partial charge in [-0.2, -0.15) is 0 Å². The van der Waals surface area contributed by atoms with Crippen LogP contribution in [0.1, 0.15) is 11.1 Å². The Morgan fingerprint density at radius 2 is 2.15 bits per heavy atom. The highest BCUT2D eigenvalue weighted by molar-refractivity contribution is 6.30. The standard InChI is InChI=1S/C14H11ClN2O3/c1-8-6-17(7-9-3-2-4-10(15)5-9)13(18)11-12(8)20-14(19)16-11/h2-6H,7H2,1H3,(H,16,19). The Morgan fingerprint density at radius 3 is 2.90 bits per heavy atom. The van der Waals surface area contributed by atoms with E-state index < -0.39 is 5.76 Å². The van der Waals surface area contributed by atoms with E-state index in [1.54, 1.807) is 25.3 Å². The molecule has 0 aliphatic carbocycles. The summed E-state index contributed by atoms with van der Waals surface area (Å²) in [6.07, 6.45) is 1.67. The molecule has 0 saturated heterocycles. The third kappa shape index (κ3) is 2.16. The maximum absolute atomic E-state index is 12.3. The molecule has 102 valence electrons. The summed E-state index contributed by atoms with van der Waals surface area (Å²) in [7, 11) is 0. The van der Waals surface area contributed by atoms with Crippen LogP contribution >= 0.6 is 11.6 Å². The number of H-pyrrole nitrogens is 1. The first kappa shape index (κ1) is 12.7. The number of nitrogens with zero attached hydrogens (tertiary/aromatic N) is 1. The van der Waals surface area contributed by atoms with E-state index in [4.69, 9.17) is 16.0 Å². The van der Waals surface area contributed by atoms with Crippen molar-refractivity contribution in [3.05, 3.63) is 67.5 Å². The van der Waals surface area contributed by atoms with Crippen molar-refractivity contribution in [2.75, 3.05) is 0 Å². The van der Waals surface area contributed by atoms with Crippen molar-refractivity contribution in [2.24, 2.45) is 0 Å². The third-order valence-corrected chi connectivity index (χ3v) is 3.31. The predicted octanol–water partition coefficient (Wildman–Crippen LogP) is 2.29. The molecule has 0 atom stereocenters. The largest absolute Gasteiger partial charge is 0.417 e. The number of pyridine rings is 1. The fourth-order valence-electron chi connectivity index (χ4n) is 2.20. The van der Waals surface area contributed by atoms with Gasteiger partial charge in [-0.1, -0.05) is 23.7 Å². The van der Waals surface area contributed by atoms with Crippen LogP contribution in [0.4, 0.5) is 0 Å². The van der Waals surface area contributed by atoms with Crippen LogP contribution < -0.4 is 11.3 Å². The van der Waals surface area contributed by atoms with Gasteiger partial charge in [-0.05, 0) is 24.6 Å². The molecule has 0 amide bonds. The van der Waals surface area contributed by atoms with E-state index in [0.29, 0.717) is 17.2 Å². The molecule has 0 saturated carbocycles. The molecule has 2 aromatic heterocycles. The van der Waals surface area contributed by atoms with Gasteiger partial charge in [0.15, 0.2) is 11.1 Å². The lowest BCUT2D eigenvalue weighted by molar-refractivity contribution is 0.552. The summed E-state index contributed by atoms with van der Waals surface area (Å²) in [5.41, 5.74) is 1.83. The lowest BCUT2D eigenvalue weighted by Gasteiger charge is -2.07. The number of aromatic nitrogens is 2. The third-order valence-electron chi connectivity index (χ3n) is 3.07. The molecule has 5 nitrogen and oxygen atoms in total. The summed E-state index contributed by atoms with van der Waals surface area (Å²) < 4.78 is 6.48. The van der Waals surface area contributed by atoms with E-state index in [9.17, 15) is 9.59 Å². The second-order valence-corrected chi connectivity index (χ2v) is 5.03. The number of oxazole rings is 1. The molecule has 1 aromatic carbocycles. The summed E-state index contributed by atoms with van der Waals surface area (Å²) in [4.78, 5) is 25.9. The number of rotatable bonds is 2. The van der Waals surface area contributed by atoms with Gasteiger partial charge in [0.05, 0.1) is 6.54 Å². The quantitative estimate of drug-likeness (QED) is 0.787. The number of aryl methyl sites for hydroxylation is 1. The molecule has 3 rings (SSSR count). The first-order chi connectivity index (χ1) is 9.54. The number of nitrogens with one attached hydrogen (secondary N) is 1. The minimum absolute atomic E-state index is 0.192. The fraction of sp³-hybridized carbons (Fsp3) is 0.143. The molecule has 0 fully saturated rings. The molecule has 0 unspecified atom stereocenters. The number of halogens is 1. The summed E-state index contributed by atoms with van der Waals surface area (Å²) >= 11 is 5.93. The van der Waals surface area contributed by atoms with Crippen molar-refractivity contribution in [1.82, 2.24) is 9.55 Å². The first-order valence-corrected chi connectivity index (χ1v) is 6.40. The monoisotopic (exact) mass is 290 g/mol. The van der Waals surface area contributed by atoms with Gasteiger partial charge in [0, 0.05) is 16.8 Å². The van der Waals surface area contributed by atoms with Gasteiger partial charge in [0.1, 0.15) is 0 Å². The normalized spacial score (nSPS) is 11.1. The number of benzene rings is 1. The summed E-state index contributed by atoms with van der Waals surface area (Å²) in [6.45, 7) is 2.16. The fourth-order valence-corrected chi connectivity index (χ4v) is 2.41.